The SMILES string of the molecule is CCCCOc1cccc2c1CCC13CCCC21CCN(Cc1ccccc1)C3. The molecule has 29 heavy (non-hydrogen) atoms. The summed E-state index contributed by atoms with van der Waals surface area (Å²) in [5.74, 6) is 1.18. The highest BCUT2D eigenvalue weighted by Crippen LogP contribution is 2.64. The summed E-state index contributed by atoms with van der Waals surface area (Å²) >= 11 is 0. The van der Waals surface area contributed by atoms with E-state index in [2.05, 4.69) is 60.4 Å². The number of nitrogens with zero attached hydrogens (tertiary/aromatic N) is 1. The summed E-state index contributed by atoms with van der Waals surface area (Å²) in [5.41, 5.74) is 5.50. The van der Waals surface area contributed by atoms with Gasteiger partial charge in [0.25, 0.3) is 0 Å². The van der Waals surface area contributed by atoms with Gasteiger partial charge in [-0.25, -0.2) is 0 Å². The first kappa shape index (κ1) is 19.2. The number of unbranched alkanes of at least 4 members (excludes halogenated alkanes) is 1. The fourth-order valence-corrected chi connectivity index (χ4v) is 6.78. The van der Waals surface area contributed by atoms with Crippen LogP contribution in [0.5, 0.6) is 5.75 Å². The molecule has 0 N–H and O–H groups in total. The third-order valence-electron chi connectivity index (χ3n) is 8.16. The Labute approximate surface area is 176 Å². The molecule has 0 bridgehead atoms. The normalized spacial score (nSPS) is 28.4. The molecular formula is C27H35NO. The van der Waals surface area contributed by atoms with Crippen molar-refractivity contribution < 1.29 is 4.74 Å². The number of fused-ring (bicyclic) bond motifs is 1. The third kappa shape index (κ3) is 3.20. The molecule has 0 amide bonds. The predicted octanol–water partition coefficient (Wildman–Crippen LogP) is 6.13. The molecule has 1 heterocycles. The molecule has 3 aliphatic rings. The van der Waals surface area contributed by atoms with Gasteiger partial charge in [-0.15, -0.1) is 0 Å². The molecule has 2 fully saturated rings. The molecule has 0 spiro atoms. The van der Waals surface area contributed by atoms with E-state index in [1.165, 1.54) is 74.9 Å². The fourth-order valence-electron chi connectivity index (χ4n) is 6.78. The molecule has 2 unspecified atom stereocenters. The highest BCUT2D eigenvalue weighted by atomic mass is 16.5. The van der Waals surface area contributed by atoms with Gasteiger partial charge in [0.1, 0.15) is 5.75 Å². The molecule has 154 valence electrons. The Morgan fingerprint density at radius 1 is 0.966 bits per heavy atom. The summed E-state index contributed by atoms with van der Waals surface area (Å²) in [6, 6.07) is 18.0. The average Bonchev–Trinajstić information content (AvgIpc) is 3.15. The molecule has 5 rings (SSSR count). The van der Waals surface area contributed by atoms with Crippen LogP contribution in [0.25, 0.3) is 0 Å². The van der Waals surface area contributed by atoms with Gasteiger partial charge in [0.05, 0.1) is 6.61 Å². The van der Waals surface area contributed by atoms with Crippen molar-refractivity contribution in [3.63, 3.8) is 0 Å². The molecule has 2 aromatic carbocycles. The van der Waals surface area contributed by atoms with E-state index in [-0.39, 0.29) is 0 Å². The molecular weight excluding hydrogens is 354 g/mol. The Kier molecular flexibility index (Phi) is 5.16. The van der Waals surface area contributed by atoms with E-state index in [0.29, 0.717) is 10.8 Å². The largest absolute Gasteiger partial charge is 0.493 e. The lowest BCUT2D eigenvalue weighted by Gasteiger charge is -2.57. The number of hydrogen-bond acceptors (Lipinski definition) is 2. The van der Waals surface area contributed by atoms with Crippen molar-refractivity contribution in [1.82, 2.24) is 4.90 Å². The maximum atomic E-state index is 6.26. The van der Waals surface area contributed by atoms with Crippen molar-refractivity contribution in [3.8, 4) is 5.75 Å². The molecule has 2 aliphatic carbocycles. The van der Waals surface area contributed by atoms with Crippen LogP contribution in [0.1, 0.15) is 68.6 Å². The molecule has 2 nitrogen and oxygen atoms in total. The second-order valence-corrected chi connectivity index (χ2v) is 9.65. The van der Waals surface area contributed by atoms with Gasteiger partial charge in [-0.05, 0) is 73.2 Å². The van der Waals surface area contributed by atoms with Crippen LogP contribution in [0.15, 0.2) is 48.5 Å². The lowest BCUT2D eigenvalue weighted by Crippen LogP contribution is -2.57. The zero-order chi connectivity index (χ0) is 19.7. The van der Waals surface area contributed by atoms with Gasteiger partial charge in [-0.3, -0.25) is 4.90 Å². The first-order valence-electron chi connectivity index (χ1n) is 11.8. The molecule has 0 aromatic heterocycles. The van der Waals surface area contributed by atoms with Crippen molar-refractivity contribution >= 4 is 0 Å². The van der Waals surface area contributed by atoms with Gasteiger partial charge >= 0.3 is 0 Å². The van der Waals surface area contributed by atoms with E-state index >= 15 is 0 Å². The van der Waals surface area contributed by atoms with Crippen LogP contribution < -0.4 is 4.74 Å². The number of hydrogen-bond donors (Lipinski definition) is 0. The van der Waals surface area contributed by atoms with Crippen molar-refractivity contribution in [3.05, 3.63) is 65.2 Å². The topological polar surface area (TPSA) is 12.5 Å². The first-order valence-corrected chi connectivity index (χ1v) is 11.8. The Hall–Kier alpha value is -1.80. The summed E-state index contributed by atoms with van der Waals surface area (Å²) in [6.07, 6.45) is 10.3. The first-order chi connectivity index (χ1) is 14.3. The van der Waals surface area contributed by atoms with Gasteiger partial charge < -0.3 is 4.74 Å². The zero-order valence-electron chi connectivity index (χ0n) is 18.0. The monoisotopic (exact) mass is 389 g/mol. The summed E-state index contributed by atoms with van der Waals surface area (Å²) in [5, 5.41) is 0. The Morgan fingerprint density at radius 2 is 1.86 bits per heavy atom. The summed E-state index contributed by atoms with van der Waals surface area (Å²) in [6.45, 7) is 6.68. The molecule has 2 aromatic rings. The minimum atomic E-state index is 0.387. The van der Waals surface area contributed by atoms with Gasteiger partial charge in [0, 0.05) is 18.5 Å². The van der Waals surface area contributed by atoms with Crippen LogP contribution >= 0.6 is 0 Å². The quantitative estimate of drug-likeness (QED) is 0.551. The maximum absolute atomic E-state index is 6.26. The summed E-state index contributed by atoms with van der Waals surface area (Å²) < 4.78 is 6.26. The second kappa shape index (κ2) is 7.80. The van der Waals surface area contributed by atoms with Gasteiger partial charge in [-0.1, -0.05) is 62.2 Å². The van der Waals surface area contributed by atoms with Crippen molar-refractivity contribution in [2.75, 3.05) is 19.7 Å². The van der Waals surface area contributed by atoms with E-state index in [4.69, 9.17) is 4.74 Å². The third-order valence-corrected chi connectivity index (χ3v) is 8.16. The standard InChI is InChI=1S/C27H35NO/c1-2-3-19-29-25-12-7-11-24-23(25)13-16-26-14-8-15-27(24,26)17-18-28(21-26)20-22-9-5-4-6-10-22/h4-7,9-12H,2-3,8,13-21H2,1H3. The number of benzene rings is 2. The van der Waals surface area contributed by atoms with Crippen molar-refractivity contribution in [2.24, 2.45) is 5.41 Å². The average molecular weight is 390 g/mol. The number of ether oxygens (including phenoxy) is 1. The Bertz CT molecular complexity index is 847. The molecule has 0 radical (unpaired) electrons. The molecule has 2 heteroatoms. The minimum Gasteiger partial charge on any atom is -0.493 e. The summed E-state index contributed by atoms with van der Waals surface area (Å²) in [7, 11) is 0. The molecule has 2 atom stereocenters. The number of rotatable bonds is 6. The van der Waals surface area contributed by atoms with E-state index in [9.17, 15) is 0 Å². The van der Waals surface area contributed by atoms with E-state index in [1.54, 1.807) is 5.56 Å². The van der Waals surface area contributed by atoms with E-state index in [1.807, 2.05) is 0 Å². The van der Waals surface area contributed by atoms with Gasteiger partial charge in [-0.2, -0.15) is 0 Å². The van der Waals surface area contributed by atoms with Crippen molar-refractivity contribution in [2.45, 2.75) is 70.3 Å². The highest BCUT2D eigenvalue weighted by molar-refractivity contribution is 5.49. The zero-order valence-corrected chi connectivity index (χ0v) is 18.0. The van der Waals surface area contributed by atoms with E-state index in [0.717, 1.165) is 19.6 Å². The van der Waals surface area contributed by atoms with Crippen LogP contribution in [0.4, 0.5) is 0 Å². The van der Waals surface area contributed by atoms with Crippen LogP contribution in [0.2, 0.25) is 0 Å². The molecule has 1 aliphatic heterocycles. The molecule has 1 saturated carbocycles. The summed E-state index contributed by atoms with van der Waals surface area (Å²) in [4.78, 5) is 2.74. The van der Waals surface area contributed by atoms with Gasteiger partial charge in [0.2, 0.25) is 0 Å². The minimum absolute atomic E-state index is 0.387. The number of piperidine rings is 1. The smallest absolute Gasteiger partial charge is 0.122 e. The molecule has 1 saturated heterocycles. The van der Waals surface area contributed by atoms with Crippen LogP contribution in [-0.2, 0) is 18.4 Å². The predicted molar refractivity (Wildman–Crippen MR) is 119 cm³/mol. The Morgan fingerprint density at radius 3 is 2.72 bits per heavy atom. The van der Waals surface area contributed by atoms with Crippen LogP contribution in [0.3, 0.4) is 0 Å². The lowest BCUT2D eigenvalue weighted by atomic mass is 9.52. The Balaban J connectivity index is 1.43. The lowest BCUT2D eigenvalue weighted by molar-refractivity contribution is 0.00279. The fraction of sp³-hybridized carbons (Fsp3) is 0.556. The van der Waals surface area contributed by atoms with E-state index < -0.39 is 0 Å². The van der Waals surface area contributed by atoms with Crippen molar-refractivity contribution in [1.29, 1.82) is 0 Å². The van der Waals surface area contributed by atoms with Gasteiger partial charge in [0.15, 0.2) is 0 Å². The van der Waals surface area contributed by atoms with Crippen LogP contribution in [-0.4, -0.2) is 24.6 Å². The van der Waals surface area contributed by atoms with Crippen LogP contribution in [0, 0.1) is 5.41 Å². The highest BCUT2D eigenvalue weighted by Gasteiger charge is 2.60. The second-order valence-electron chi connectivity index (χ2n) is 9.65. The number of likely N-dealkylation sites (tertiary alicyclic amines) is 1. The maximum Gasteiger partial charge on any atom is 0.122 e.